The maximum absolute atomic E-state index is 10.5. The van der Waals surface area contributed by atoms with Gasteiger partial charge < -0.3 is 15.8 Å². The first-order valence-electron chi connectivity index (χ1n) is 3.98. The summed E-state index contributed by atoms with van der Waals surface area (Å²) in [5.74, 6) is -0.221. The zero-order valence-corrected chi connectivity index (χ0v) is 7.18. The molecule has 5 heteroatoms. The molecule has 70 valence electrons. The summed E-state index contributed by atoms with van der Waals surface area (Å²) < 4.78 is 0. The molecule has 0 saturated carbocycles. The van der Waals surface area contributed by atoms with Crippen molar-refractivity contribution in [1.29, 1.82) is 0 Å². The largest absolute Gasteiger partial charge is 0.398 e. The number of nitrogens with two attached hydrogens (primary N) is 1. The van der Waals surface area contributed by atoms with Crippen LogP contribution in [0.1, 0.15) is 0 Å². The predicted octanol–water partition coefficient (Wildman–Crippen LogP) is 1.73. The van der Waals surface area contributed by atoms with Crippen molar-refractivity contribution in [2.45, 2.75) is 0 Å². The van der Waals surface area contributed by atoms with Crippen LogP contribution in [0.15, 0.2) is 30.3 Å². The van der Waals surface area contributed by atoms with Crippen LogP contribution in [0, 0.1) is 10.1 Å². The number of benzene rings is 1. The zero-order chi connectivity index (χ0) is 10.1. The minimum atomic E-state index is -0.553. The maximum Gasteiger partial charge on any atom is 0.366 e. The molecule has 2 N–H and O–H groups in total. The van der Waals surface area contributed by atoms with Gasteiger partial charge in [0.1, 0.15) is 0 Å². The average Bonchev–Trinajstić information content (AvgIpc) is 2.17. The molecule has 2 aromatic rings. The van der Waals surface area contributed by atoms with Crippen molar-refractivity contribution >= 4 is 22.4 Å². The Morgan fingerprint density at radius 2 is 2.07 bits per heavy atom. The van der Waals surface area contributed by atoms with Crippen molar-refractivity contribution < 1.29 is 4.92 Å². The van der Waals surface area contributed by atoms with Gasteiger partial charge in [-0.2, -0.15) is 0 Å². The van der Waals surface area contributed by atoms with Crippen LogP contribution in [0.3, 0.4) is 0 Å². The molecule has 0 radical (unpaired) electrons. The number of hydrogen-bond acceptors (Lipinski definition) is 4. The van der Waals surface area contributed by atoms with E-state index in [-0.39, 0.29) is 5.82 Å². The van der Waals surface area contributed by atoms with E-state index in [2.05, 4.69) is 4.98 Å². The van der Waals surface area contributed by atoms with Gasteiger partial charge in [0.15, 0.2) is 5.52 Å². The molecular formula is C9H7N3O2. The number of pyridine rings is 1. The number of nitrogens with zero attached hydrogens (tertiary/aromatic N) is 2. The average molecular weight is 189 g/mol. The van der Waals surface area contributed by atoms with Gasteiger partial charge in [0.05, 0.1) is 11.8 Å². The Kier molecular flexibility index (Phi) is 1.78. The van der Waals surface area contributed by atoms with Crippen LogP contribution in [0.25, 0.3) is 10.9 Å². The number of rotatable bonds is 1. The number of nitro groups is 1. The van der Waals surface area contributed by atoms with E-state index >= 15 is 0 Å². The van der Waals surface area contributed by atoms with Crippen LogP contribution in [0.5, 0.6) is 0 Å². The van der Waals surface area contributed by atoms with Crippen molar-refractivity contribution in [2.75, 3.05) is 5.73 Å². The topological polar surface area (TPSA) is 82.0 Å². The highest BCUT2D eigenvalue weighted by Gasteiger charge is 2.11. The molecule has 0 saturated heterocycles. The SMILES string of the molecule is Nc1cc([N+](=O)[O-])nc2ccccc12. The molecule has 0 bridgehead atoms. The Hall–Kier alpha value is -2.17. The van der Waals surface area contributed by atoms with Crippen molar-refractivity contribution in [2.24, 2.45) is 0 Å². The molecule has 0 aliphatic heterocycles. The Bertz CT molecular complexity index is 510. The molecule has 0 fully saturated rings. The van der Waals surface area contributed by atoms with Gasteiger partial charge in [0, 0.05) is 5.39 Å². The number of hydrogen-bond donors (Lipinski definition) is 1. The molecule has 1 heterocycles. The van der Waals surface area contributed by atoms with Crippen LogP contribution in [0.4, 0.5) is 11.5 Å². The molecule has 2 rings (SSSR count). The molecule has 0 aliphatic carbocycles. The molecule has 0 atom stereocenters. The molecule has 14 heavy (non-hydrogen) atoms. The fourth-order valence-corrected chi connectivity index (χ4v) is 1.28. The minimum absolute atomic E-state index is 0.221. The minimum Gasteiger partial charge on any atom is -0.398 e. The summed E-state index contributed by atoms with van der Waals surface area (Å²) in [6.07, 6.45) is 0. The van der Waals surface area contributed by atoms with Crippen LogP contribution in [0.2, 0.25) is 0 Å². The number of aromatic nitrogens is 1. The third-order valence-electron chi connectivity index (χ3n) is 1.92. The van der Waals surface area contributed by atoms with Gasteiger partial charge in [-0.1, -0.05) is 12.1 Å². The van der Waals surface area contributed by atoms with E-state index in [4.69, 9.17) is 5.73 Å². The van der Waals surface area contributed by atoms with E-state index in [0.717, 1.165) is 5.39 Å². The van der Waals surface area contributed by atoms with E-state index < -0.39 is 4.92 Å². The summed E-state index contributed by atoms with van der Waals surface area (Å²) >= 11 is 0. The molecule has 0 aliphatic rings. The van der Waals surface area contributed by atoms with E-state index in [1.807, 2.05) is 6.07 Å². The van der Waals surface area contributed by atoms with Crippen molar-refractivity contribution in [3.8, 4) is 0 Å². The number of nitrogen functional groups attached to an aromatic ring is 1. The lowest BCUT2D eigenvalue weighted by Gasteiger charge is -1.98. The molecule has 0 spiro atoms. The standard InChI is InChI=1S/C9H7N3O2/c10-7-5-9(12(13)14)11-8-4-2-1-3-6(7)8/h1-5H,(H2,10,11). The van der Waals surface area contributed by atoms with Gasteiger partial charge in [-0.3, -0.25) is 0 Å². The van der Waals surface area contributed by atoms with Crippen LogP contribution in [-0.4, -0.2) is 9.91 Å². The maximum atomic E-state index is 10.5. The normalized spacial score (nSPS) is 10.3. The van der Waals surface area contributed by atoms with Gasteiger partial charge in [0.25, 0.3) is 0 Å². The Morgan fingerprint density at radius 1 is 1.36 bits per heavy atom. The lowest BCUT2D eigenvalue weighted by molar-refractivity contribution is -0.389. The van der Waals surface area contributed by atoms with E-state index in [1.54, 1.807) is 18.2 Å². The molecule has 0 unspecified atom stereocenters. The summed E-state index contributed by atoms with van der Waals surface area (Å²) in [5.41, 5.74) is 6.57. The Balaban J connectivity index is 2.78. The highest BCUT2D eigenvalue weighted by Crippen LogP contribution is 2.23. The van der Waals surface area contributed by atoms with Crippen molar-refractivity contribution in [3.63, 3.8) is 0 Å². The van der Waals surface area contributed by atoms with E-state index in [1.165, 1.54) is 6.07 Å². The molecule has 0 amide bonds. The molecular weight excluding hydrogens is 182 g/mol. The summed E-state index contributed by atoms with van der Waals surface area (Å²) in [7, 11) is 0. The smallest absolute Gasteiger partial charge is 0.366 e. The summed E-state index contributed by atoms with van der Waals surface area (Å²) in [6, 6.07) is 8.31. The first-order valence-corrected chi connectivity index (χ1v) is 3.98. The molecule has 5 nitrogen and oxygen atoms in total. The summed E-state index contributed by atoms with van der Waals surface area (Å²) in [4.78, 5) is 13.8. The van der Waals surface area contributed by atoms with E-state index in [0.29, 0.717) is 11.2 Å². The van der Waals surface area contributed by atoms with Gasteiger partial charge in [-0.15, -0.1) is 0 Å². The predicted molar refractivity (Wildman–Crippen MR) is 52.8 cm³/mol. The highest BCUT2D eigenvalue weighted by atomic mass is 16.6. The number of para-hydroxylation sites is 1. The summed E-state index contributed by atoms with van der Waals surface area (Å²) in [5, 5.41) is 11.2. The quantitative estimate of drug-likeness (QED) is 0.547. The first kappa shape index (κ1) is 8.43. The fourth-order valence-electron chi connectivity index (χ4n) is 1.28. The van der Waals surface area contributed by atoms with Crippen molar-refractivity contribution in [3.05, 3.63) is 40.4 Å². The number of fused-ring (bicyclic) bond motifs is 1. The second kappa shape index (κ2) is 2.95. The third-order valence-corrected chi connectivity index (χ3v) is 1.92. The first-order chi connectivity index (χ1) is 6.68. The monoisotopic (exact) mass is 189 g/mol. The van der Waals surface area contributed by atoms with Crippen LogP contribution >= 0.6 is 0 Å². The van der Waals surface area contributed by atoms with Crippen LogP contribution < -0.4 is 5.73 Å². The number of anilines is 1. The van der Waals surface area contributed by atoms with Gasteiger partial charge in [-0.05, 0) is 22.0 Å². The third kappa shape index (κ3) is 1.24. The van der Waals surface area contributed by atoms with E-state index in [9.17, 15) is 10.1 Å². The molecule has 1 aromatic heterocycles. The fraction of sp³-hybridized carbons (Fsp3) is 0. The lowest BCUT2D eigenvalue weighted by atomic mass is 10.2. The van der Waals surface area contributed by atoms with Gasteiger partial charge in [0.2, 0.25) is 0 Å². The second-order valence-electron chi connectivity index (χ2n) is 2.84. The second-order valence-corrected chi connectivity index (χ2v) is 2.84. The van der Waals surface area contributed by atoms with Gasteiger partial charge >= 0.3 is 5.82 Å². The zero-order valence-electron chi connectivity index (χ0n) is 7.18. The highest BCUT2D eigenvalue weighted by molar-refractivity contribution is 5.90. The Morgan fingerprint density at radius 3 is 2.79 bits per heavy atom. The van der Waals surface area contributed by atoms with Gasteiger partial charge in [-0.25, -0.2) is 0 Å². The van der Waals surface area contributed by atoms with Crippen LogP contribution in [-0.2, 0) is 0 Å². The summed E-state index contributed by atoms with van der Waals surface area (Å²) in [6.45, 7) is 0. The Labute approximate surface area is 79.3 Å². The van der Waals surface area contributed by atoms with Crippen molar-refractivity contribution in [1.82, 2.24) is 4.98 Å². The molecule has 1 aromatic carbocycles. The lowest BCUT2D eigenvalue weighted by Crippen LogP contribution is -1.96.